The van der Waals surface area contributed by atoms with Crippen LogP contribution in [0.2, 0.25) is 0 Å². The molecule has 0 aromatic heterocycles. The third kappa shape index (κ3) is 4.01. The molecule has 0 spiro atoms. The van der Waals surface area contributed by atoms with Gasteiger partial charge in [0.2, 0.25) is 5.91 Å². The number of hydrogen-bond acceptors (Lipinski definition) is 2. The van der Waals surface area contributed by atoms with Gasteiger partial charge in [-0.1, -0.05) is 37.1 Å². The molecule has 0 heterocycles. The van der Waals surface area contributed by atoms with Crippen LogP contribution >= 0.6 is 0 Å². The molecule has 2 atom stereocenters. The van der Waals surface area contributed by atoms with Crippen LogP contribution in [-0.2, 0) is 9.59 Å². The average Bonchev–Trinajstić information content (AvgIpc) is 2.49. The molecule has 2 rings (SSSR count). The number of nitrogens with one attached hydrogen (secondary N) is 1. The molecule has 1 aliphatic carbocycles. The zero-order valence-electron chi connectivity index (χ0n) is 14.2. The Morgan fingerprint density at radius 3 is 2.04 bits per heavy atom. The maximum absolute atomic E-state index is 12.6. The van der Waals surface area contributed by atoms with Crippen LogP contribution in [0.1, 0.15) is 52.0 Å². The van der Waals surface area contributed by atoms with Crippen molar-refractivity contribution in [1.29, 1.82) is 0 Å². The smallest absolute Gasteiger partial charge is 0.307 e. The summed E-state index contributed by atoms with van der Waals surface area (Å²) in [5, 5.41) is 12.3. The van der Waals surface area contributed by atoms with Crippen molar-refractivity contribution in [2.24, 2.45) is 11.8 Å². The van der Waals surface area contributed by atoms with Gasteiger partial charge in [-0.3, -0.25) is 9.59 Å². The third-order valence-corrected chi connectivity index (χ3v) is 4.77. The Balaban J connectivity index is 2.13. The highest BCUT2D eigenvalue weighted by molar-refractivity contribution is 5.95. The molecule has 1 amide bonds. The van der Waals surface area contributed by atoms with Crippen LogP contribution in [0.4, 0.5) is 5.69 Å². The lowest BCUT2D eigenvalue weighted by molar-refractivity contribution is -0.146. The lowest BCUT2D eigenvalue weighted by atomic mass is 9.76. The summed E-state index contributed by atoms with van der Waals surface area (Å²) < 4.78 is 0. The van der Waals surface area contributed by atoms with Crippen LogP contribution in [0.15, 0.2) is 35.4 Å². The largest absolute Gasteiger partial charge is 0.481 e. The van der Waals surface area contributed by atoms with Crippen molar-refractivity contribution in [2.75, 3.05) is 5.32 Å². The Morgan fingerprint density at radius 1 is 1.04 bits per heavy atom. The highest BCUT2D eigenvalue weighted by Crippen LogP contribution is 2.35. The van der Waals surface area contributed by atoms with E-state index in [9.17, 15) is 14.7 Å². The molecule has 124 valence electrons. The van der Waals surface area contributed by atoms with Gasteiger partial charge in [0.25, 0.3) is 0 Å². The van der Waals surface area contributed by atoms with Crippen LogP contribution in [-0.4, -0.2) is 17.0 Å². The minimum absolute atomic E-state index is 0.207. The van der Waals surface area contributed by atoms with Crippen molar-refractivity contribution in [2.45, 2.75) is 46.5 Å². The summed E-state index contributed by atoms with van der Waals surface area (Å²) in [6.07, 6.45) is 0.963. The summed E-state index contributed by atoms with van der Waals surface area (Å²) in [6.45, 7) is 8.16. The molecule has 1 aliphatic rings. The molecule has 0 aliphatic heterocycles. The molecule has 0 radical (unpaired) electrons. The van der Waals surface area contributed by atoms with Crippen molar-refractivity contribution >= 4 is 17.6 Å². The number of hydrogen-bond donors (Lipinski definition) is 2. The minimum Gasteiger partial charge on any atom is -0.481 e. The number of allylic oxidation sites excluding steroid dienone is 2. The molecule has 1 aromatic rings. The number of carbonyl (C=O) groups excluding carboxylic acids is 1. The summed E-state index contributed by atoms with van der Waals surface area (Å²) in [5.41, 5.74) is 4.13. The van der Waals surface area contributed by atoms with Gasteiger partial charge < -0.3 is 10.4 Å². The topological polar surface area (TPSA) is 66.4 Å². The Morgan fingerprint density at radius 2 is 1.57 bits per heavy atom. The first kappa shape index (κ1) is 17.3. The van der Waals surface area contributed by atoms with Gasteiger partial charge in [-0.05, 0) is 50.3 Å². The first-order valence-corrected chi connectivity index (χ1v) is 8.08. The van der Waals surface area contributed by atoms with Crippen LogP contribution in [0.3, 0.4) is 0 Å². The van der Waals surface area contributed by atoms with Gasteiger partial charge in [-0.25, -0.2) is 0 Å². The molecule has 2 unspecified atom stereocenters. The molecule has 4 nitrogen and oxygen atoms in total. The molecule has 1 aromatic carbocycles. The lowest BCUT2D eigenvalue weighted by Gasteiger charge is -2.29. The number of carbonyl (C=O) groups is 2. The van der Waals surface area contributed by atoms with E-state index in [0.29, 0.717) is 24.4 Å². The Kier molecular flexibility index (Phi) is 5.24. The minimum atomic E-state index is -0.896. The van der Waals surface area contributed by atoms with E-state index in [4.69, 9.17) is 0 Å². The molecule has 0 bridgehead atoms. The summed E-state index contributed by atoms with van der Waals surface area (Å²) in [4.78, 5) is 24.0. The van der Waals surface area contributed by atoms with Crippen LogP contribution in [0.25, 0.3) is 0 Å². The van der Waals surface area contributed by atoms with Gasteiger partial charge in [-0.15, -0.1) is 0 Å². The van der Waals surface area contributed by atoms with Gasteiger partial charge in [0.15, 0.2) is 0 Å². The lowest BCUT2D eigenvalue weighted by Crippen LogP contribution is -2.36. The number of carboxylic acids is 1. The van der Waals surface area contributed by atoms with Crippen LogP contribution < -0.4 is 5.32 Å². The number of amides is 1. The number of benzene rings is 1. The van der Waals surface area contributed by atoms with E-state index in [1.165, 1.54) is 5.56 Å². The number of aliphatic carboxylic acids is 1. The molecule has 2 N–H and O–H groups in total. The monoisotopic (exact) mass is 315 g/mol. The number of carboxylic acid groups (broad SMARTS) is 1. The average molecular weight is 315 g/mol. The predicted octanol–water partition coefficient (Wildman–Crippen LogP) is 4.20. The molecule has 0 saturated carbocycles. The van der Waals surface area contributed by atoms with E-state index in [1.54, 1.807) is 0 Å². The Labute approximate surface area is 137 Å². The normalized spacial score (nSPS) is 21.4. The van der Waals surface area contributed by atoms with Gasteiger partial charge in [0.1, 0.15) is 0 Å². The summed E-state index contributed by atoms with van der Waals surface area (Å²) in [5.74, 6) is -1.83. The molecular weight excluding hydrogens is 290 g/mol. The van der Waals surface area contributed by atoms with Crippen molar-refractivity contribution in [3.05, 3.63) is 41.0 Å². The number of rotatable bonds is 4. The van der Waals surface area contributed by atoms with E-state index in [2.05, 4.69) is 19.2 Å². The highest BCUT2D eigenvalue weighted by atomic mass is 16.4. The fraction of sp³-hybridized carbons (Fsp3) is 0.474. The Bertz CT molecular complexity index is 629. The standard InChI is InChI=1S/C19H25NO3/c1-11(2)14-5-7-15(8-6-14)20-18(21)16-9-12(3)13(4)10-17(16)19(22)23/h5-8,11,16-17H,9-10H2,1-4H3,(H,20,21)(H,22,23). The summed E-state index contributed by atoms with van der Waals surface area (Å²) in [6, 6.07) is 7.73. The van der Waals surface area contributed by atoms with E-state index in [0.717, 1.165) is 11.1 Å². The van der Waals surface area contributed by atoms with Crippen molar-refractivity contribution in [3.8, 4) is 0 Å². The quantitative estimate of drug-likeness (QED) is 0.818. The van der Waals surface area contributed by atoms with Gasteiger partial charge in [0, 0.05) is 5.69 Å². The van der Waals surface area contributed by atoms with E-state index < -0.39 is 17.8 Å². The molecule has 23 heavy (non-hydrogen) atoms. The van der Waals surface area contributed by atoms with Crippen molar-refractivity contribution < 1.29 is 14.7 Å². The number of anilines is 1. The Hall–Kier alpha value is -2.10. The van der Waals surface area contributed by atoms with Crippen molar-refractivity contribution in [3.63, 3.8) is 0 Å². The predicted molar refractivity (Wildman–Crippen MR) is 91.4 cm³/mol. The van der Waals surface area contributed by atoms with Gasteiger partial charge >= 0.3 is 5.97 Å². The molecule has 0 saturated heterocycles. The fourth-order valence-electron chi connectivity index (χ4n) is 3.01. The van der Waals surface area contributed by atoms with Gasteiger partial charge in [0.05, 0.1) is 11.8 Å². The fourth-order valence-corrected chi connectivity index (χ4v) is 3.01. The third-order valence-electron chi connectivity index (χ3n) is 4.77. The second-order valence-electron chi connectivity index (χ2n) is 6.79. The first-order valence-electron chi connectivity index (χ1n) is 8.08. The van der Waals surface area contributed by atoms with E-state index in [1.807, 2.05) is 38.1 Å². The van der Waals surface area contributed by atoms with E-state index >= 15 is 0 Å². The van der Waals surface area contributed by atoms with Crippen molar-refractivity contribution in [1.82, 2.24) is 0 Å². The SMILES string of the molecule is CC1=C(C)CC(C(=O)Nc2ccc(C(C)C)cc2)C(C(=O)O)C1. The molecule has 4 heteroatoms. The van der Waals surface area contributed by atoms with Gasteiger partial charge in [-0.2, -0.15) is 0 Å². The molecular formula is C19H25NO3. The second kappa shape index (κ2) is 6.99. The summed E-state index contributed by atoms with van der Waals surface area (Å²) >= 11 is 0. The van der Waals surface area contributed by atoms with Crippen LogP contribution in [0.5, 0.6) is 0 Å². The molecule has 0 fully saturated rings. The second-order valence-corrected chi connectivity index (χ2v) is 6.79. The first-order chi connectivity index (χ1) is 10.8. The van der Waals surface area contributed by atoms with E-state index in [-0.39, 0.29) is 5.91 Å². The highest BCUT2D eigenvalue weighted by Gasteiger charge is 2.37. The summed E-state index contributed by atoms with van der Waals surface area (Å²) in [7, 11) is 0. The zero-order valence-corrected chi connectivity index (χ0v) is 14.2. The van der Waals surface area contributed by atoms with Crippen LogP contribution in [0, 0.1) is 11.8 Å². The maximum atomic E-state index is 12.6. The maximum Gasteiger partial charge on any atom is 0.307 e. The zero-order chi connectivity index (χ0) is 17.1.